The highest BCUT2D eigenvalue weighted by atomic mass is 19.1. The average Bonchev–Trinajstić information content (AvgIpc) is 2.64. The molecule has 0 spiro atoms. The van der Waals surface area contributed by atoms with Gasteiger partial charge >= 0.3 is 0 Å². The largest absolute Gasteiger partial charge is 0.493 e. The minimum Gasteiger partial charge on any atom is -0.493 e. The molecule has 1 unspecified atom stereocenters. The smallest absolute Gasteiger partial charge is 0.161 e. The van der Waals surface area contributed by atoms with Gasteiger partial charge in [0.25, 0.3) is 0 Å². The maximum absolute atomic E-state index is 14.3. The number of hydrogen-bond acceptors (Lipinski definition) is 4. The second-order valence-corrected chi connectivity index (χ2v) is 6.04. The van der Waals surface area contributed by atoms with Crippen LogP contribution >= 0.6 is 0 Å². The fourth-order valence-corrected chi connectivity index (χ4v) is 3.09. The Morgan fingerprint density at radius 3 is 2.35 bits per heavy atom. The van der Waals surface area contributed by atoms with Gasteiger partial charge in [0.05, 0.1) is 19.6 Å². The van der Waals surface area contributed by atoms with E-state index in [0.29, 0.717) is 17.2 Å². The summed E-state index contributed by atoms with van der Waals surface area (Å²) >= 11 is 0. The Balaban J connectivity index is 2.03. The fourth-order valence-electron chi connectivity index (χ4n) is 3.09. The number of nitrogens with one attached hydrogen (secondary N) is 1. The number of anilines is 1. The van der Waals surface area contributed by atoms with Gasteiger partial charge in [-0.05, 0) is 55.3 Å². The zero-order chi connectivity index (χ0) is 18.8. The number of aromatic nitrogens is 1. The summed E-state index contributed by atoms with van der Waals surface area (Å²) in [6.45, 7) is 3.90. The minimum atomic E-state index is -0.556. The van der Waals surface area contributed by atoms with Crippen molar-refractivity contribution in [3.63, 3.8) is 0 Å². The van der Waals surface area contributed by atoms with Gasteiger partial charge in [0, 0.05) is 17.9 Å². The van der Waals surface area contributed by atoms with Gasteiger partial charge in [-0.25, -0.2) is 8.78 Å². The Hall–Kier alpha value is -2.89. The Morgan fingerprint density at radius 1 is 1.00 bits per heavy atom. The van der Waals surface area contributed by atoms with E-state index >= 15 is 0 Å². The van der Waals surface area contributed by atoms with E-state index in [1.165, 1.54) is 6.20 Å². The van der Waals surface area contributed by atoms with Crippen LogP contribution in [0, 0.1) is 18.6 Å². The number of hydrogen-bond donors (Lipinski definition) is 1. The van der Waals surface area contributed by atoms with E-state index in [1.54, 1.807) is 20.3 Å². The lowest BCUT2D eigenvalue weighted by atomic mass is 10.0. The lowest BCUT2D eigenvalue weighted by Gasteiger charge is -2.21. The highest BCUT2D eigenvalue weighted by molar-refractivity contribution is 5.92. The monoisotopic (exact) mass is 358 g/mol. The zero-order valence-corrected chi connectivity index (χ0v) is 15.1. The summed E-state index contributed by atoms with van der Waals surface area (Å²) in [5, 5.41) is 3.39. The lowest BCUT2D eigenvalue weighted by Crippen LogP contribution is -2.10. The first-order valence-electron chi connectivity index (χ1n) is 8.18. The quantitative estimate of drug-likeness (QED) is 0.696. The molecule has 136 valence electrons. The molecule has 26 heavy (non-hydrogen) atoms. The molecule has 0 saturated heterocycles. The van der Waals surface area contributed by atoms with Crippen molar-refractivity contribution >= 4 is 16.6 Å². The Labute approximate surface area is 150 Å². The predicted molar refractivity (Wildman–Crippen MR) is 98.0 cm³/mol. The van der Waals surface area contributed by atoms with Crippen molar-refractivity contribution in [3.8, 4) is 11.5 Å². The Morgan fingerprint density at radius 2 is 1.65 bits per heavy atom. The molecular weight excluding hydrogens is 338 g/mol. The van der Waals surface area contributed by atoms with Gasteiger partial charge in [-0.15, -0.1) is 0 Å². The molecule has 1 aromatic heterocycles. The molecule has 1 atom stereocenters. The molecule has 1 N–H and O–H groups in total. The van der Waals surface area contributed by atoms with Crippen LogP contribution in [0.1, 0.15) is 24.1 Å². The third-order valence-electron chi connectivity index (χ3n) is 4.40. The Kier molecular flexibility index (Phi) is 4.93. The molecule has 3 aromatic rings. The summed E-state index contributed by atoms with van der Waals surface area (Å²) in [4.78, 5) is 3.96. The molecule has 3 rings (SSSR count). The van der Waals surface area contributed by atoms with E-state index in [4.69, 9.17) is 9.47 Å². The molecule has 4 nitrogen and oxygen atoms in total. The maximum atomic E-state index is 14.3. The second-order valence-electron chi connectivity index (χ2n) is 6.04. The van der Waals surface area contributed by atoms with Gasteiger partial charge in [-0.3, -0.25) is 4.98 Å². The van der Waals surface area contributed by atoms with Crippen LogP contribution in [0.25, 0.3) is 10.9 Å². The van der Waals surface area contributed by atoms with Crippen LogP contribution in [0.15, 0.2) is 36.5 Å². The molecule has 2 aromatic carbocycles. The minimum absolute atomic E-state index is 0.00577. The first-order valence-corrected chi connectivity index (χ1v) is 8.18. The summed E-state index contributed by atoms with van der Waals surface area (Å²) in [6.07, 6.45) is 1.46. The van der Waals surface area contributed by atoms with Crippen LogP contribution in [-0.4, -0.2) is 19.2 Å². The molecule has 0 aliphatic rings. The van der Waals surface area contributed by atoms with Crippen LogP contribution < -0.4 is 14.8 Å². The maximum Gasteiger partial charge on any atom is 0.161 e. The number of rotatable bonds is 5. The van der Waals surface area contributed by atoms with Crippen LogP contribution in [0.3, 0.4) is 0 Å². The van der Waals surface area contributed by atoms with E-state index in [1.807, 2.05) is 26.0 Å². The van der Waals surface area contributed by atoms with Crippen molar-refractivity contribution in [1.82, 2.24) is 4.98 Å². The normalized spacial score (nSPS) is 12.1. The molecule has 6 heteroatoms. The lowest BCUT2D eigenvalue weighted by molar-refractivity contribution is 0.354. The van der Waals surface area contributed by atoms with Gasteiger partial charge in [0.1, 0.15) is 17.2 Å². The van der Waals surface area contributed by atoms with E-state index in [9.17, 15) is 8.78 Å². The van der Waals surface area contributed by atoms with Crippen LogP contribution in [0.4, 0.5) is 14.5 Å². The van der Waals surface area contributed by atoms with E-state index in [2.05, 4.69) is 10.3 Å². The number of pyridine rings is 1. The first-order chi connectivity index (χ1) is 12.5. The third kappa shape index (κ3) is 3.14. The number of ether oxygens (including phenoxy) is 2. The van der Waals surface area contributed by atoms with Crippen LogP contribution in [-0.2, 0) is 0 Å². The number of benzene rings is 2. The van der Waals surface area contributed by atoms with Gasteiger partial charge in [0.2, 0.25) is 0 Å². The highest BCUT2D eigenvalue weighted by Gasteiger charge is 2.17. The summed E-state index contributed by atoms with van der Waals surface area (Å²) in [7, 11) is 3.16. The van der Waals surface area contributed by atoms with Crippen LogP contribution in [0.5, 0.6) is 11.5 Å². The fraction of sp³-hybridized carbons (Fsp3) is 0.250. The number of fused-ring (bicyclic) bond motifs is 1. The van der Waals surface area contributed by atoms with Gasteiger partial charge < -0.3 is 14.8 Å². The summed E-state index contributed by atoms with van der Waals surface area (Å²) < 4.78 is 38.9. The van der Waals surface area contributed by atoms with Crippen LogP contribution in [0.2, 0.25) is 0 Å². The molecule has 0 saturated carbocycles. The SMILES string of the molecule is COc1cc(C)c(C(C)Nc2ccnc3c(F)ccc(F)c23)cc1OC. The highest BCUT2D eigenvalue weighted by Crippen LogP contribution is 2.35. The number of nitrogens with zero attached hydrogens (tertiary/aromatic N) is 1. The molecule has 1 heterocycles. The number of aryl methyl sites for hydroxylation is 1. The van der Waals surface area contributed by atoms with Gasteiger partial charge in [0.15, 0.2) is 11.5 Å². The van der Waals surface area contributed by atoms with Gasteiger partial charge in [-0.2, -0.15) is 0 Å². The molecule has 0 fully saturated rings. The van der Waals surface area contributed by atoms with Crippen molar-refractivity contribution in [3.05, 3.63) is 59.3 Å². The van der Waals surface area contributed by atoms with E-state index in [-0.39, 0.29) is 16.9 Å². The number of halogens is 2. The van der Waals surface area contributed by atoms with Crippen molar-refractivity contribution < 1.29 is 18.3 Å². The van der Waals surface area contributed by atoms with Crippen molar-refractivity contribution in [2.24, 2.45) is 0 Å². The molecule has 0 bridgehead atoms. The van der Waals surface area contributed by atoms with E-state index in [0.717, 1.165) is 23.3 Å². The van der Waals surface area contributed by atoms with Crippen molar-refractivity contribution in [2.75, 3.05) is 19.5 Å². The van der Waals surface area contributed by atoms with E-state index < -0.39 is 11.6 Å². The van der Waals surface area contributed by atoms with Crippen molar-refractivity contribution in [1.29, 1.82) is 0 Å². The average molecular weight is 358 g/mol. The summed E-state index contributed by atoms with van der Waals surface area (Å²) in [5.74, 6) is 0.176. The first kappa shape index (κ1) is 17.9. The predicted octanol–water partition coefficient (Wildman–Crippen LogP) is 5.01. The standard InChI is InChI=1S/C20H20F2N2O2/c1-11-9-17(25-3)18(26-4)10-13(11)12(2)24-16-7-8-23-20-15(22)6-5-14(21)19(16)20/h5-10,12H,1-4H3,(H,23,24). The molecule has 0 radical (unpaired) electrons. The second kappa shape index (κ2) is 7.15. The summed E-state index contributed by atoms with van der Waals surface area (Å²) in [6, 6.07) is 7.41. The third-order valence-corrected chi connectivity index (χ3v) is 4.40. The molecule has 0 amide bonds. The molecular formula is C20H20F2N2O2. The Bertz CT molecular complexity index is 960. The van der Waals surface area contributed by atoms with Crippen molar-refractivity contribution in [2.45, 2.75) is 19.9 Å². The zero-order valence-electron chi connectivity index (χ0n) is 15.1. The molecule has 0 aliphatic carbocycles. The van der Waals surface area contributed by atoms with Gasteiger partial charge in [-0.1, -0.05) is 0 Å². The molecule has 0 aliphatic heterocycles. The number of methoxy groups -OCH3 is 2. The summed E-state index contributed by atoms with van der Waals surface area (Å²) in [5.41, 5.74) is 2.44. The topological polar surface area (TPSA) is 43.4 Å².